The van der Waals surface area contributed by atoms with Gasteiger partial charge in [0.25, 0.3) is 0 Å². The van der Waals surface area contributed by atoms with Crippen LogP contribution in [0.1, 0.15) is 28.7 Å². The van der Waals surface area contributed by atoms with Gasteiger partial charge < -0.3 is 5.11 Å². The molecule has 1 aliphatic rings. The van der Waals surface area contributed by atoms with Gasteiger partial charge in [0.2, 0.25) is 0 Å². The van der Waals surface area contributed by atoms with Crippen molar-refractivity contribution in [3.05, 3.63) is 46.2 Å². The molecule has 0 amide bonds. The number of hydrogen-bond donors (Lipinski definition) is 1. The predicted molar refractivity (Wildman–Crippen MR) is 85.7 cm³/mol. The fourth-order valence-electron chi connectivity index (χ4n) is 3.01. The minimum Gasteiger partial charge on any atom is -0.476 e. The van der Waals surface area contributed by atoms with Gasteiger partial charge in [0.15, 0.2) is 11.5 Å². The molecular weight excluding hydrogens is 362 g/mol. The summed E-state index contributed by atoms with van der Waals surface area (Å²) in [5.74, 6) is -0.324. The van der Waals surface area contributed by atoms with E-state index in [9.17, 15) is 9.90 Å². The number of imidazole rings is 1. The first-order chi connectivity index (χ1) is 11.1. The van der Waals surface area contributed by atoms with Gasteiger partial charge in [0.05, 0.1) is 17.9 Å². The Labute approximate surface area is 139 Å². The average molecular weight is 374 g/mol. The molecule has 0 bridgehead atoms. The monoisotopic (exact) mass is 373 g/mol. The van der Waals surface area contributed by atoms with Crippen molar-refractivity contribution >= 4 is 21.9 Å². The molecule has 2 aromatic heterocycles. The van der Waals surface area contributed by atoms with Crippen molar-refractivity contribution in [3.63, 3.8) is 0 Å². The molecule has 0 aliphatic carbocycles. The summed E-state index contributed by atoms with van der Waals surface area (Å²) in [6, 6.07) is 4.01. The van der Waals surface area contributed by atoms with Crippen LogP contribution < -0.4 is 0 Å². The second-order valence-electron chi connectivity index (χ2n) is 5.27. The highest BCUT2D eigenvalue weighted by Crippen LogP contribution is 2.36. The van der Waals surface area contributed by atoms with E-state index in [0.29, 0.717) is 12.2 Å². The van der Waals surface area contributed by atoms with E-state index in [1.165, 1.54) is 6.33 Å². The molecule has 3 heterocycles. The molecule has 1 N–H and O–H groups in total. The van der Waals surface area contributed by atoms with E-state index < -0.39 is 5.97 Å². The van der Waals surface area contributed by atoms with Crippen molar-refractivity contribution in [1.82, 2.24) is 24.3 Å². The number of aromatic carboxylic acids is 1. The molecule has 23 heavy (non-hydrogen) atoms. The molecular formula is C15H12BrN5O2. The van der Waals surface area contributed by atoms with Crippen molar-refractivity contribution < 1.29 is 9.90 Å². The zero-order chi connectivity index (χ0) is 16.1. The zero-order valence-electron chi connectivity index (χ0n) is 12.2. The number of rotatable bonds is 2. The first kappa shape index (κ1) is 14.1. The molecule has 0 atom stereocenters. The van der Waals surface area contributed by atoms with E-state index >= 15 is 0 Å². The van der Waals surface area contributed by atoms with E-state index in [1.807, 2.05) is 16.7 Å². The van der Waals surface area contributed by atoms with Gasteiger partial charge in [0.1, 0.15) is 12.7 Å². The van der Waals surface area contributed by atoms with E-state index in [0.717, 1.165) is 33.5 Å². The summed E-state index contributed by atoms with van der Waals surface area (Å²) in [5.41, 5.74) is 3.55. The van der Waals surface area contributed by atoms with Crippen LogP contribution in [0.5, 0.6) is 0 Å². The maximum absolute atomic E-state index is 11.5. The Balaban J connectivity index is 2.13. The third kappa shape index (κ3) is 2.02. The fraction of sp³-hybridized carbons (Fsp3) is 0.200. The minimum absolute atomic E-state index is 0.0456. The molecule has 3 aromatic rings. The van der Waals surface area contributed by atoms with Crippen LogP contribution in [-0.2, 0) is 13.0 Å². The normalized spacial score (nSPS) is 12.3. The lowest BCUT2D eigenvalue weighted by Crippen LogP contribution is -2.10. The van der Waals surface area contributed by atoms with Gasteiger partial charge >= 0.3 is 5.97 Å². The molecule has 8 heteroatoms. The molecule has 116 valence electrons. The molecule has 0 unspecified atom stereocenters. The number of aromatic nitrogens is 5. The first-order valence-electron chi connectivity index (χ1n) is 7.10. The second kappa shape index (κ2) is 5.02. The van der Waals surface area contributed by atoms with E-state index in [-0.39, 0.29) is 5.69 Å². The summed E-state index contributed by atoms with van der Waals surface area (Å²) in [5, 5.41) is 13.6. The van der Waals surface area contributed by atoms with Crippen LogP contribution >= 0.6 is 15.9 Å². The number of carbonyl (C=O) groups is 1. The Morgan fingerprint density at radius 1 is 1.39 bits per heavy atom. The smallest absolute Gasteiger partial charge is 0.356 e. The van der Waals surface area contributed by atoms with Crippen LogP contribution in [0.4, 0.5) is 0 Å². The van der Waals surface area contributed by atoms with Gasteiger partial charge in [0, 0.05) is 10.0 Å². The number of aryl methyl sites for hydroxylation is 1. The van der Waals surface area contributed by atoms with Crippen molar-refractivity contribution in [3.8, 4) is 17.1 Å². The molecule has 0 saturated heterocycles. The van der Waals surface area contributed by atoms with Crippen LogP contribution in [-0.4, -0.2) is 35.4 Å². The maximum Gasteiger partial charge on any atom is 0.356 e. The van der Waals surface area contributed by atoms with E-state index in [2.05, 4.69) is 37.9 Å². The Bertz CT molecular complexity index is 943. The summed E-state index contributed by atoms with van der Waals surface area (Å²) >= 11 is 3.54. The van der Waals surface area contributed by atoms with E-state index in [1.54, 1.807) is 11.0 Å². The summed E-state index contributed by atoms with van der Waals surface area (Å²) in [7, 11) is 0. The van der Waals surface area contributed by atoms with Crippen molar-refractivity contribution in [2.45, 2.75) is 19.9 Å². The van der Waals surface area contributed by atoms with Crippen LogP contribution in [0.15, 0.2) is 29.3 Å². The van der Waals surface area contributed by atoms with Crippen LogP contribution in [0.2, 0.25) is 0 Å². The number of carboxylic acids is 1. The fourth-order valence-corrected chi connectivity index (χ4v) is 3.51. The molecule has 0 spiro atoms. The van der Waals surface area contributed by atoms with Crippen LogP contribution in [0.3, 0.4) is 0 Å². The topological polar surface area (TPSA) is 85.8 Å². The average Bonchev–Trinajstić information content (AvgIpc) is 3.11. The largest absolute Gasteiger partial charge is 0.476 e. The second-order valence-corrected chi connectivity index (χ2v) is 6.19. The third-order valence-electron chi connectivity index (χ3n) is 4.00. The molecule has 1 aromatic carbocycles. The molecule has 7 nitrogen and oxygen atoms in total. The van der Waals surface area contributed by atoms with Gasteiger partial charge in [-0.2, -0.15) is 5.10 Å². The summed E-state index contributed by atoms with van der Waals surface area (Å²) in [6.07, 6.45) is 3.85. The third-order valence-corrected chi connectivity index (χ3v) is 4.46. The van der Waals surface area contributed by atoms with Gasteiger partial charge in [-0.1, -0.05) is 22.9 Å². The van der Waals surface area contributed by atoms with Crippen molar-refractivity contribution in [2.24, 2.45) is 0 Å². The predicted octanol–water partition coefficient (Wildman–Crippen LogP) is 2.52. The zero-order valence-corrected chi connectivity index (χ0v) is 13.8. The highest BCUT2D eigenvalue weighted by atomic mass is 79.9. The van der Waals surface area contributed by atoms with Crippen molar-refractivity contribution in [2.75, 3.05) is 0 Å². The lowest BCUT2D eigenvalue weighted by molar-refractivity contribution is 0.0689. The Morgan fingerprint density at radius 3 is 2.96 bits per heavy atom. The summed E-state index contributed by atoms with van der Waals surface area (Å²) < 4.78 is 4.50. The molecule has 0 saturated carbocycles. The number of carboxylic acid groups (broad SMARTS) is 1. The van der Waals surface area contributed by atoms with Gasteiger partial charge in [-0.25, -0.2) is 19.4 Å². The Hall–Kier alpha value is -2.48. The quantitative estimate of drug-likeness (QED) is 0.583. The first-order valence-corrected chi connectivity index (χ1v) is 7.90. The molecule has 0 radical (unpaired) electrons. The highest BCUT2D eigenvalue weighted by Gasteiger charge is 2.27. The van der Waals surface area contributed by atoms with E-state index in [4.69, 9.17) is 0 Å². The summed E-state index contributed by atoms with van der Waals surface area (Å²) in [6.45, 7) is 2.37. The lowest BCUT2D eigenvalue weighted by atomic mass is 10.0. The van der Waals surface area contributed by atoms with Gasteiger partial charge in [-0.05, 0) is 24.1 Å². The Morgan fingerprint density at radius 2 is 2.22 bits per heavy atom. The SMILES string of the molecule is CCc1cc(Br)cc2c1-n1cnc(C(=O)O)c1Cn1ncnc1-2. The molecule has 0 fully saturated rings. The standard InChI is InChI=1S/C15H12BrN5O2/c1-2-8-3-9(16)4-10-13(8)20-7-18-12(15(22)23)11(20)5-21-14(10)17-6-19-21/h3-4,6-7H,2,5H2,1H3,(H,22,23). The number of fused-ring (bicyclic) bond motifs is 5. The number of hydrogen-bond acceptors (Lipinski definition) is 4. The van der Waals surface area contributed by atoms with Gasteiger partial charge in [-0.15, -0.1) is 0 Å². The molecule has 4 rings (SSSR count). The minimum atomic E-state index is -1.04. The molecule has 1 aliphatic heterocycles. The van der Waals surface area contributed by atoms with Crippen LogP contribution in [0, 0.1) is 0 Å². The van der Waals surface area contributed by atoms with Crippen molar-refractivity contribution in [1.29, 1.82) is 0 Å². The van der Waals surface area contributed by atoms with Crippen LogP contribution in [0.25, 0.3) is 17.1 Å². The summed E-state index contributed by atoms with van der Waals surface area (Å²) in [4.78, 5) is 19.9. The number of benzene rings is 1. The van der Waals surface area contributed by atoms with Gasteiger partial charge in [-0.3, -0.25) is 4.57 Å². The highest BCUT2D eigenvalue weighted by molar-refractivity contribution is 9.10. The number of nitrogens with zero attached hydrogens (tertiary/aromatic N) is 5. The Kier molecular flexibility index (Phi) is 3.08. The maximum atomic E-state index is 11.5. The lowest BCUT2D eigenvalue weighted by Gasteiger charge is -2.14. The number of halogens is 1.